The van der Waals surface area contributed by atoms with E-state index in [2.05, 4.69) is 33.5 Å². The van der Waals surface area contributed by atoms with Gasteiger partial charge in [0.1, 0.15) is 11.4 Å². The van der Waals surface area contributed by atoms with E-state index in [1.807, 2.05) is 4.90 Å². The van der Waals surface area contributed by atoms with Crippen LogP contribution >= 0.6 is 0 Å². The average molecular weight is 550 g/mol. The third-order valence-electron chi connectivity index (χ3n) is 8.17. The molecule has 1 unspecified atom stereocenters. The highest BCUT2D eigenvalue weighted by molar-refractivity contribution is 6.05. The van der Waals surface area contributed by atoms with Crippen LogP contribution in [0.25, 0.3) is 0 Å². The molecule has 1 saturated carbocycles. The second kappa shape index (κ2) is 11.3. The molecule has 3 aliphatic rings. The maximum atomic E-state index is 15.7. The van der Waals surface area contributed by atoms with Crippen molar-refractivity contribution in [1.29, 1.82) is 0 Å². The third-order valence-corrected chi connectivity index (χ3v) is 8.17. The Kier molecular flexibility index (Phi) is 7.81. The minimum absolute atomic E-state index is 0.0150. The Morgan fingerprint density at radius 1 is 1.20 bits per heavy atom. The quantitative estimate of drug-likeness (QED) is 0.530. The van der Waals surface area contributed by atoms with Crippen molar-refractivity contribution in [2.75, 3.05) is 56.0 Å². The number of amides is 2. The standard InChI is InChI=1S/C29H36FN7O3/c1-5-29(30)18-37(21-8-6-7-9-21)25-23(36(3)27(29)39)17-31-28(34-25)33-22-11-10-19(16-24(22)40-4)26(38)32-20-12-14-35(2)15-13-20/h1,10-11,16-17,20-21H,6-9,12-15,18H2,2-4H3,(H,32,38)(H,31,33,34). The molecule has 11 heteroatoms. The van der Waals surface area contributed by atoms with Crippen molar-refractivity contribution < 1.29 is 18.7 Å². The predicted molar refractivity (Wildman–Crippen MR) is 152 cm³/mol. The van der Waals surface area contributed by atoms with Crippen LogP contribution in [-0.4, -0.2) is 85.3 Å². The minimum Gasteiger partial charge on any atom is -0.495 e. The fraction of sp³-hybridized carbons (Fsp3) is 0.517. The lowest BCUT2D eigenvalue weighted by Gasteiger charge is -2.32. The molecule has 1 saturated heterocycles. The molecule has 2 fully saturated rings. The number of rotatable bonds is 6. The van der Waals surface area contributed by atoms with E-state index in [1.165, 1.54) is 25.3 Å². The first-order valence-electron chi connectivity index (χ1n) is 13.8. The normalized spacial score (nSPS) is 22.4. The summed E-state index contributed by atoms with van der Waals surface area (Å²) in [4.78, 5) is 40.3. The van der Waals surface area contributed by atoms with Crippen LogP contribution in [0.3, 0.4) is 0 Å². The zero-order valence-corrected chi connectivity index (χ0v) is 23.2. The summed E-state index contributed by atoms with van der Waals surface area (Å²) < 4.78 is 21.3. The Balaban J connectivity index is 1.40. The summed E-state index contributed by atoms with van der Waals surface area (Å²) in [6.07, 6.45) is 12.6. The molecular weight excluding hydrogens is 513 g/mol. The molecule has 0 bridgehead atoms. The van der Waals surface area contributed by atoms with Gasteiger partial charge in [-0.15, -0.1) is 6.42 Å². The summed E-state index contributed by atoms with van der Waals surface area (Å²) in [6, 6.07) is 5.30. The van der Waals surface area contributed by atoms with Gasteiger partial charge in [0.2, 0.25) is 5.95 Å². The fourth-order valence-electron chi connectivity index (χ4n) is 5.73. The van der Waals surface area contributed by atoms with Crippen molar-refractivity contribution >= 4 is 35.0 Å². The van der Waals surface area contributed by atoms with E-state index < -0.39 is 11.6 Å². The number of methoxy groups -OCH3 is 1. The molecule has 0 spiro atoms. The molecule has 1 aromatic heterocycles. The van der Waals surface area contributed by atoms with Crippen molar-refractivity contribution in [2.45, 2.75) is 56.3 Å². The van der Waals surface area contributed by atoms with Crippen LogP contribution in [0.1, 0.15) is 48.9 Å². The highest BCUT2D eigenvalue weighted by Crippen LogP contribution is 2.39. The Morgan fingerprint density at radius 2 is 1.93 bits per heavy atom. The molecular formula is C29H36FN7O3. The number of halogens is 1. The second-order valence-electron chi connectivity index (χ2n) is 10.9. The Morgan fingerprint density at radius 3 is 2.60 bits per heavy atom. The van der Waals surface area contributed by atoms with Gasteiger partial charge in [-0.3, -0.25) is 9.59 Å². The van der Waals surface area contributed by atoms with Crippen molar-refractivity contribution in [1.82, 2.24) is 20.2 Å². The van der Waals surface area contributed by atoms with Crippen LogP contribution in [-0.2, 0) is 4.79 Å². The van der Waals surface area contributed by atoms with E-state index in [9.17, 15) is 9.59 Å². The molecule has 1 atom stereocenters. The smallest absolute Gasteiger partial charge is 0.279 e. The van der Waals surface area contributed by atoms with Gasteiger partial charge in [0.25, 0.3) is 17.5 Å². The number of nitrogens with one attached hydrogen (secondary N) is 2. The van der Waals surface area contributed by atoms with Gasteiger partial charge < -0.3 is 30.1 Å². The largest absolute Gasteiger partial charge is 0.495 e. The summed E-state index contributed by atoms with van der Waals surface area (Å²) in [5.74, 6) is 2.27. The molecule has 2 aromatic rings. The lowest BCUT2D eigenvalue weighted by molar-refractivity contribution is -0.125. The number of piperidine rings is 1. The number of likely N-dealkylation sites (tertiary alicyclic amines) is 1. The molecule has 5 rings (SSSR count). The van der Waals surface area contributed by atoms with Crippen LogP contribution in [0.4, 0.5) is 27.5 Å². The third kappa shape index (κ3) is 5.41. The van der Waals surface area contributed by atoms with Gasteiger partial charge in [-0.2, -0.15) is 4.98 Å². The van der Waals surface area contributed by atoms with Crippen LogP contribution < -0.4 is 25.2 Å². The van der Waals surface area contributed by atoms with Gasteiger partial charge in [-0.25, -0.2) is 9.37 Å². The lowest BCUT2D eigenvalue weighted by Crippen LogP contribution is -2.50. The number of carbonyl (C=O) groups excluding carboxylic acids is 2. The van der Waals surface area contributed by atoms with Gasteiger partial charge in [-0.1, -0.05) is 18.8 Å². The van der Waals surface area contributed by atoms with E-state index in [1.54, 1.807) is 18.2 Å². The predicted octanol–water partition coefficient (Wildman–Crippen LogP) is 3.12. The van der Waals surface area contributed by atoms with Crippen molar-refractivity contribution in [2.24, 2.45) is 0 Å². The zero-order chi connectivity index (χ0) is 28.4. The first-order valence-corrected chi connectivity index (χ1v) is 13.8. The number of hydrogen-bond acceptors (Lipinski definition) is 8. The molecule has 40 heavy (non-hydrogen) atoms. The van der Waals surface area contributed by atoms with Gasteiger partial charge in [0.05, 0.1) is 25.5 Å². The average Bonchev–Trinajstić information content (AvgIpc) is 3.49. The van der Waals surface area contributed by atoms with Gasteiger partial charge >= 0.3 is 0 Å². The van der Waals surface area contributed by atoms with E-state index in [0.717, 1.165) is 51.6 Å². The van der Waals surface area contributed by atoms with E-state index in [0.29, 0.717) is 28.5 Å². The fourth-order valence-corrected chi connectivity index (χ4v) is 5.73. The molecule has 1 aliphatic carbocycles. The molecule has 2 N–H and O–H groups in total. The molecule has 2 aliphatic heterocycles. The van der Waals surface area contributed by atoms with Gasteiger partial charge in [-0.05, 0) is 64.0 Å². The SMILES string of the molecule is C#CC1(F)CN(C2CCCC2)c2nc(Nc3ccc(C(=O)NC4CCN(C)CC4)cc3OC)ncc2N(C)C1=O. The monoisotopic (exact) mass is 549 g/mol. The molecule has 0 radical (unpaired) electrons. The van der Waals surface area contributed by atoms with Crippen LogP contribution in [0, 0.1) is 12.3 Å². The number of anilines is 4. The number of alkyl halides is 1. The summed E-state index contributed by atoms with van der Waals surface area (Å²) in [5.41, 5.74) is -1.03. The number of carbonyl (C=O) groups is 2. The number of terminal acetylenes is 1. The Labute approximate surface area is 234 Å². The summed E-state index contributed by atoms with van der Waals surface area (Å²) >= 11 is 0. The topological polar surface area (TPSA) is 103 Å². The number of nitrogens with zero attached hydrogens (tertiary/aromatic N) is 5. The van der Waals surface area contributed by atoms with E-state index >= 15 is 4.39 Å². The van der Waals surface area contributed by atoms with Crippen LogP contribution in [0.2, 0.25) is 0 Å². The van der Waals surface area contributed by atoms with Crippen LogP contribution in [0.5, 0.6) is 5.75 Å². The van der Waals surface area contributed by atoms with Gasteiger partial charge in [0.15, 0.2) is 5.82 Å². The molecule has 10 nitrogen and oxygen atoms in total. The highest BCUT2D eigenvalue weighted by atomic mass is 19.1. The van der Waals surface area contributed by atoms with E-state index in [4.69, 9.17) is 16.1 Å². The lowest BCUT2D eigenvalue weighted by atomic mass is 10.0. The van der Waals surface area contributed by atoms with Crippen LogP contribution in [0.15, 0.2) is 24.4 Å². The molecule has 1 aromatic carbocycles. The summed E-state index contributed by atoms with van der Waals surface area (Å²) in [7, 11) is 5.10. The molecule has 2 amide bonds. The number of benzene rings is 1. The van der Waals surface area contributed by atoms with Crippen molar-refractivity contribution in [3.05, 3.63) is 30.0 Å². The molecule has 212 valence electrons. The summed E-state index contributed by atoms with van der Waals surface area (Å²) in [6.45, 7) is 1.63. The minimum atomic E-state index is -2.47. The Bertz CT molecular complexity index is 1320. The first kappa shape index (κ1) is 27.6. The maximum Gasteiger partial charge on any atom is 0.279 e. The number of ether oxygens (including phenoxy) is 1. The highest BCUT2D eigenvalue weighted by Gasteiger charge is 2.47. The Hall–Kier alpha value is -3.91. The van der Waals surface area contributed by atoms with Crippen molar-refractivity contribution in [3.8, 4) is 18.1 Å². The number of fused-ring (bicyclic) bond motifs is 1. The first-order chi connectivity index (χ1) is 19.2. The second-order valence-corrected chi connectivity index (χ2v) is 10.9. The van der Waals surface area contributed by atoms with Gasteiger partial charge in [0, 0.05) is 24.7 Å². The summed E-state index contributed by atoms with van der Waals surface area (Å²) in [5, 5.41) is 6.29. The molecule has 3 heterocycles. The van der Waals surface area contributed by atoms with E-state index in [-0.39, 0.29) is 30.5 Å². The zero-order valence-electron chi connectivity index (χ0n) is 23.2. The number of hydrogen-bond donors (Lipinski definition) is 2. The number of aromatic nitrogens is 2. The van der Waals surface area contributed by atoms with Crippen molar-refractivity contribution in [3.63, 3.8) is 0 Å². The maximum absolute atomic E-state index is 15.7.